The highest BCUT2D eigenvalue weighted by Crippen LogP contribution is 2.37. The second kappa shape index (κ2) is 9.61. The summed E-state index contributed by atoms with van der Waals surface area (Å²) in [5, 5.41) is 6.66. The van der Waals surface area contributed by atoms with E-state index in [9.17, 15) is 0 Å². The number of hydrogen-bond acceptors (Lipinski definition) is 5. The fourth-order valence-corrected chi connectivity index (χ4v) is 3.37. The molecule has 5 nitrogen and oxygen atoms in total. The maximum atomic E-state index is 6.00. The van der Waals surface area contributed by atoms with Crippen molar-refractivity contribution in [2.45, 2.75) is 53.6 Å². The summed E-state index contributed by atoms with van der Waals surface area (Å²) in [4.78, 5) is 9.11. The Morgan fingerprint density at radius 1 is 0.800 bits per heavy atom. The van der Waals surface area contributed by atoms with Crippen LogP contribution in [-0.2, 0) is 0 Å². The van der Waals surface area contributed by atoms with Crippen molar-refractivity contribution >= 4 is 11.6 Å². The Bertz CT molecular complexity index is 964. The average Bonchev–Trinajstić information content (AvgIpc) is 2.70. The molecule has 0 aliphatic heterocycles. The average molecular weight is 405 g/mol. The normalized spacial score (nSPS) is 11.1. The lowest BCUT2D eigenvalue weighted by Gasteiger charge is -2.16. The van der Waals surface area contributed by atoms with E-state index in [2.05, 4.69) is 79.5 Å². The lowest BCUT2D eigenvalue weighted by atomic mass is 9.96. The Kier molecular flexibility index (Phi) is 6.93. The van der Waals surface area contributed by atoms with Crippen molar-refractivity contribution in [3.8, 4) is 28.0 Å². The fraction of sp³-hybridized carbons (Fsp3) is 0.360. The highest BCUT2D eigenvalue weighted by atomic mass is 16.5. The summed E-state index contributed by atoms with van der Waals surface area (Å²) in [5.41, 5.74) is 5.45. The molecule has 5 heteroatoms. The molecule has 0 spiro atoms. The van der Waals surface area contributed by atoms with Crippen molar-refractivity contribution in [1.29, 1.82) is 0 Å². The molecule has 2 N–H and O–H groups in total. The van der Waals surface area contributed by atoms with Crippen molar-refractivity contribution in [3.63, 3.8) is 0 Å². The first-order valence-electron chi connectivity index (χ1n) is 10.6. The van der Waals surface area contributed by atoms with E-state index in [1.807, 2.05) is 31.5 Å². The third kappa shape index (κ3) is 5.29. The van der Waals surface area contributed by atoms with Gasteiger partial charge < -0.3 is 15.4 Å². The molecular weight excluding hydrogens is 372 g/mol. The number of pyridine rings is 2. The summed E-state index contributed by atoms with van der Waals surface area (Å²) in [6.45, 7) is 13.1. The Labute approximate surface area is 179 Å². The second-order valence-corrected chi connectivity index (χ2v) is 8.06. The number of rotatable bonds is 8. The molecule has 0 fully saturated rings. The quantitative estimate of drug-likeness (QED) is 0.471. The predicted octanol–water partition coefficient (Wildman–Crippen LogP) is 6.16. The van der Waals surface area contributed by atoms with Crippen LogP contribution in [0.3, 0.4) is 0 Å². The molecule has 2 aromatic heterocycles. The van der Waals surface area contributed by atoms with Crippen LogP contribution in [0, 0.1) is 6.92 Å². The van der Waals surface area contributed by atoms with Crippen molar-refractivity contribution in [1.82, 2.24) is 9.97 Å². The molecule has 158 valence electrons. The van der Waals surface area contributed by atoms with E-state index < -0.39 is 0 Å². The third-order valence-corrected chi connectivity index (χ3v) is 4.65. The van der Waals surface area contributed by atoms with Gasteiger partial charge in [-0.3, -0.25) is 0 Å². The molecule has 0 amide bonds. The van der Waals surface area contributed by atoms with Gasteiger partial charge in [-0.05, 0) is 89.1 Å². The lowest BCUT2D eigenvalue weighted by Crippen LogP contribution is -2.10. The van der Waals surface area contributed by atoms with E-state index in [0.717, 1.165) is 39.6 Å². The molecule has 0 atom stereocenters. The van der Waals surface area contributed by atoms with Gasteiger partial charge in [-0.15, -0.1) is 0 Å². The van der Waals surface area contributed by atoms with Crippen LogP contribution in [-0.4, -0.2) is 28.7 Å². The molecule has 2 heterocycles. The smallest absolute Gasteiger partial charge is 0.127 e. The van der Waals surface area contributed by atoms with Gasteiger partial charge in [0.05, 0.1) is 6.61 Å². The van der Waals surface area contributed by atoms with Crippen LogP contribution in [0.25, 0.3) is 22.3 Å². The maximum Gasteiger partial charge on any atom is 0.127 e. The van der Waals surface area contributed by atoms with Crippen molar-refractivity contribution in [2.75, 3.05) is 17.2 Å². The minimum absolute atomic E-state index is 0.347. The van der Waals surface area contributed by atoms with Crippen molar-refractivity contribution < 1.29 is 4.74 Å². The van der Waals surface area contributed by atoms with Gasteiger partial charge in [0.2, 0.25) is 0 Å². The van der Waals surface area contributed by atoms with Gasteiger partial charge in [-0.25, -0.2) is 9.97 Å². The monoisotopic (exact) mass is 404 g/mol. The molecule has 3 rings (SSSR count). The van der Waals surface area contributed by atoms with E-state index >= 15 is 0 Å². The van der Waals surface area contributed by atoms with Crippen LogP contribution >= 0.6 is 0 Å². The summed E-state index contributed by atoms with van der Waals surface area (Å²) >= 11 is 0. The molecule has 0 saturated heterocycles. The summed E-state index contributed by atoms with van der Waals surface area (Å²) in [7, 11) is 0. The zero-order chi connectivity index (χ0) is 21.7. The lowest BCUT2D eigenvalue weighted by molar-refractivity contribution is 0.341. The molecule has 1 aromatic carbocycles. The molecule has 0 bridgehead atoms. The minimum Gasteiger partial charge on any atom is -0.493 e. The number of nitrogens with zero attached hydrogens (tertiary/aromatic N) is 2. The first kappa shape index (κ1) is 21.6. The minimum atomic E-state index is 0.347. The molecule has 0 unspecified atom stereocenters. The Morgan fingerprint density at radius 3 is 1.77 bits per heavy atom. The summed E-state index contributed by atoms with van der Waals surface area (Å²) in [6.07, 6.45) is 3.81. The van der Waals surface area contributed by atoms with Gasteiger partial charge in [0.15, 0.2) is 0 Å². The molecule has 3 aromatic rings. The van der Waals surface area contributed by atoms with Crippen LogP contribution in [0.15, 0.2) is 48.8 Å². The maximum absolute atomic E-state index is 6.00. The first-order chi connectivity index (χ1) is 14.4. The standard InChI is InChI=1S/C25H32N4O/c1-7-30-23-13-21(19-8-10-24(26-14-19)28-16(2)3)18(6)12-22(23)20-9-11-25(27-15-20)29-17(4)5/h8-17H,7H2,1-6H3,(H,26,28)(H,27,29). The predicted molar refractivity (Wildman–Crippen MR) is 126 cm³/mol. The molecule has 0 aliphatic rings. The zero-order valence-corrected chi connectivity index (χ0v) is 18.8. The summed E-state index contributed by atoms with van der Waals surface area (Å²) < 4.78 is 6.00. The van der Waals surface area contributed by atoms with Gasteiger partial charge >= 0.3 is 0 Å². The summed E-state index contributed by atoms with van der Waals surface area (Å²) in [6, 6.07) is 13.2. The van der Waals surface area contributed by atoms with Crippen LogP contribution in [0.2, 0.25) is 0 Å². The van der Waals surface area contributed by atoms with Crippen LogP contribution in [0.5, 0.6) is 5.75 Å². The number of ether oxygens (including phenoxy) is 1. The molecule has 0 aliphatic carbocycles. The van der Waals surface area contributed by atoms with E-state index in [1.54, 1.807) is 0 Å². The molecule has 30 heavy (non-hydrogen) atoms. The summed E-state index contributed by atoms with van der Waals surface area (Å²) in [5.74, 6) is 2.62. The van der Waals surface area contributed by atoms with Crippen LogP contribution < -0.4 is 15.4 Å². The fourth-order valence-electron chi connectivity index (χ4n) is 3.37. The number of anilines is 2. The third-order valence-electron chi connectivity index (χ3n) is 4.65. The van der Waals surface area contributed by atoms with Gasteiger partial charge in [0.1, 0.15) is 17.4 Å². The first-order valence-corrected chi connectivity index (χ1v) is 10.6. The van der Waals surface area contributed by atoms with E-state index in [4.69, 9.17) is 4.74 Å². The Balaban J connectivity index is 1.96. The zero-order valence-electron chi connectivity index (χ0n) is 18.8. The van der Waals surface area contributed by atoms with E-state index in [1.165, 1.54) is 5.56 Å². The second-order valence-electron chi connectivity index (χ2n) is 8.06. The number of aromatic nitrogens is 2. The largest absolute Gasteiger partial charge is 0.493 e. The number of benzene rings is 1. The van der Waals surface area contributed by atoms with E-state index in [-0.39, 0.29) is 0 Å². The SMILES string of the molecule is CCOc1cc(-c2ccc(NC(C)C)nc2)c(C)cc1-c1ccc(NC(C)C)nc1. The highest BCUT2D eigenvalue weighted by Gasteiger charge is 2.13. The number of hydrogen-bond donors (Lipinski definition) is 2. The molecule has 0 radical (unpaired) electrons. The Hall–Kier alpha value is -3.08. The number of nitrogens with one attached hydrogen (secondary N) is 2. The van der Waals surface area contributed by atoms with Gasteiger partial charge in [-0.2, -0.15) is 0 Å². The van der Waals surface area contributed by atoms with Crippen molar-refractivity contribution in [2.24, 2.45) is 0 Å². The van der Waals surface area contributed by atoms with Gasteiger partial charge in [-0.1, -0.05) is 0 Å². The number of aryl methyl sites for hydroxylation is 1. The van der Waals surface area contributed by atoms with E-state index in [0.29, 0.717) is 18.7 Å². The Morgan fingerprint density at radius 2 is 1.33 bits per heavy atom. The molecular formula is C25H32N4O. The van der Waals surface area contributed by atoms with Crippen LogP contribution in [0.4, 0.5) is 11.6 Å². The molecule has 0 saturated carbocycles. The van der Waals surface area contributed by atoms with Gasteiger partial charge in [0.25, 0.3) is 0 Å². The topological polar surface area (TPSA) is 59.1 Å². The van der Waals surface area contributed by atoms with Crippen LogP contribution in [0.1, 0.15) is 40.2 Å². The van der Waals surface area contributed by atoms with Gasteiger partial charge in [0, 0.05) is 41.2 Å². The highest BCUT2D eigenvalue weighted by molar-refractivity contribution is 5.79. The van der Waals surface area contributed by atoms with Crippen molar-refractivity contribution in [3.05, 3.63) is 54.4 Å².